The van der Waals surface area contributed by atoms with E-state index in [9.17, 15) is 18.0 Å². The number of nitrogens with zero attached hydrogens (tertiary/aromatic N) is 2. The molecule has 112 valence electrons. The van der Waals surface area contributed by atoms with Crippen molar-refractivity contribution in [1.82, 2.24) is 4.98 Å². The fourth-order valence-corrected chi connectivity index (χ4v) is 2.14. The van der Waals surface area contributed by atoms with Crippen molar-refractivity contribution < 1.29 is 18.0 Å². The Bertz CT molecular complexity index is 751. The molecule has 0 spiro atoms. The molecular formula is C15H10F3N3O. The smallest absolute Gasteiger partial charge is 0.324 e. The van der Waals surface area contributed by atoms with Crippen LogP contribution in [0.1, 0.15) is 16.8 Å². The normalized spacial score (nSPS) is 14.7. The number of pyridine rings is 1. The molecule has 1 aliphatic heterocycles. The van der Waals surface area contributed by atoms with Gasteiger partial charge in [0.15, 0.2) is 0 Å². The molecule has 3 rings (SSSR count). The van der Waals surface area contributed by atoms with Crippen LogP contribution in [0.4, 0.5) is 18.9 Å². The molecule has 0 atom stereocenters. The lowest BCUT2D eigenvalue weighted by molar-refractivity contribution is -0.137. The number of anilines is 1. The number of fused-ring (bicyclic) bond motifs is 1. The third kappa shape index (κ3) is 2.69. The molecule has 1 aromatic carbocycles. The molecule has 0 radical (unpaired) electrons. The molecular weight excluding hydrogens is 295 g/mol. The van der Waals surface area contributed by atoms with Gasteiger partial charge in [0.05, 0.1) is 22.7 Å². The van der Waals surface area contributed by atoms with Crippen LogP contribution in [-0.2, 0) is 11.0 Å². The zero-order chi connectivity index (χ0) is 15.7. The van der Waals surface area contributed by atoms with Crippen LogP contribution in [-0.4, -0.2) is 23.1 Å². The minimum absolute atomic E-state index is 0.104. The monoisotopic (exact) mass is 305 g/mol. The van der Waals surface area contributed by atoms with E-state index in [1.807, 2.05) is 0 Å². The Morgan fingerprint density at radius 3 is 2.55 bits per heavy atom. The van der Waals surface area contributed by atoms with Crippen molar-refractivity contribution in [3.05, 3.63) is 59.4 Å². The van der Waals surface area contributed by atoms with Crippen molar-refractivity contribution in [2.45, 2.75) is 6.18 Å². The van der Waals surface area contributed by atoms with Gasteiger partial charge in [0.2, 0.25) is 5.91 Å². The summed E-state index contributed by atoms with van der Waals surface area (Å²) >= 11 is 0. The number of halogens is 3. The van der Waals surface area contributed by atoms with Gasteiger partial charge in [-0.1, -0.05) is 18.2 Å². The fourth-order valence-electron chi connectivity index (χ4n) is 2.14. The predicted octanol–water partition coefficient (Wildman–Crippen LogP) is 2.89. The number of hydrogen-bond donors (Lipinski definition) is 1. The van der Waals surface area contributed by atoms with E-state index in [1.54, 1.807) is 24.3 Å². The third-order valence-corrected chi connectivity index (χ3v) is 3.17. The van der Waals surface area contributed by atoms with E-state index in [2.05, 4.69) is 15.3 Å². The van der Waals surface area contributed by atoms with E-state index in [1.165, 1.54) is 6.07 Å². The summed E-state index contributed by atoms with van der Waals surface area (Å²) in [7, 11) is 0. The first-order valence-corrected chi connectivity index (χ1v) is 6.42. The van der Waals surface area contributed by atoms with Crippen molar-refractivity contribution >= 4 is 17.3 Å². The molecule has 1 N–H and O–H groups in total. The van der Waals surface area contributed by atoms with E-state index >= 15 is 0 Å². The summed E-state index contributed by atoms with van der Waals surface area (Å²) in [5.41, 5.74) is 1.04. The van der Waals surface area contributed by atoms with Crippen molar-refractivity contribution in [2.75, 3.05) is 11.9 Å². The van der Waals surface area contributed by atoms with Crippen LogP contribution in [0.3, 0.4) is 0 Å². The van der Waals surface area contributed by atoms with Gasteiger partial charge in [-0.2, -0.15) is 13.2 Å². The molecule has 0 saturated heterocycles. The number of alkyl halides is 3. The topological polar surface area (TPSA) is 54.4 Å². The largest absolute Gasteiger partial charge is 0.417 e. The van der Waals surface area contributed by atoms with E-state index in [0.29, 0.717) is 17.0 Å². The Morgan fingerprint density at radius 2 is 1.86 bits per heavy atom. The van der Waals surface area contributed by atoms with Gasteiger partial charge >= 0.3 is 6.18 Å². The third-order valence-electron chi connectivity index (χ3n) is 3.17. The van der Waals surface area contributed by atoms with Gasteiger partial charge in [-0.15, -0.1) is 0 Å². The first-order chi connectivity index (χ1) is 10.4. The summed E-state index contributed by atoms with van der Waals surface area (Å²) in [6, 6.07) is 9.16. The molecule has 0 unspecified atom stereocenters. The van der Waals surface area contributed by atoms with Crippen LogP contribution in [0.25, 0.3) is 0 Å². The zero-order valence-electron chi connectivity index (χ0n) is 11.2. The summed E-state index contributed by atoms with van der Waals surface area (Å²) < 4.78 is 37.8. The van der Waals surface area contributed by atoms with Crippen LogP contribution in [0.2, 0.25) is 0 Å². The van der Waals surface area contributed by atoms with Crippen molar-refractivity contribution in [3.63, 3.8) is 0 Å². The van der Waals surface area contributed by atoms with Crippen molar-refractivity contribution in [2.24, 2.45) is 4.99 Å². The van der Waals surface area contributed by atoms with E-state index < -0.39 is 11.7 Å². The van der Waals surface area contributed by atoms with Gasteiger partial charge in [0.25, 0.3) is 0 Å². The molecule has 4 nitrogen and oxygen atoms in total. The van der Waals surface area contributed by atoms with Crippen molar-refractivity contribution in [3.8, 4) is 0 Å². The Morgan fingerprint density at radius 1 is 1.09 bits per heavy atom. The standard InChI is InChI=1S/C15H10F3N3O/c16-15(17,18)9-5-6-12(19-7-9)14-10-3-1-2-4-11(10)21-13(22)8-20-14/h1-7H,8H2,(H,21,22). The Balaban J connectivity index is 2.06. The number of hydrogen-bond acceptors (Lipinski definition) is 3. The van der Waals surface area contributed by atoms with Crippen LogP contribution in [0.15, 0.2) is 47.6 Å². The number of carbonyl (C=O) groups is 1. The lowest BCUT2D eigenvalue weighted by atomic mass is 10.0. The molecule has 0 saturated carbocycles. The summed E-state index contributed by atoms with van der Waals surface area (Å²) in [6.45, 7) is -0.104. The maximum Gasteiger partial charge on any atom is 0.417 e. The van der Waals surface area contributed by atoms with E-state index in [0.717, 1.165) is 12.3 Å². The summed E-state index contributed by atoms with van der Waals surface area (Å²) in [5.74, 6) is -0.283. The number of nitrogens with one attached hydrogen (secondary N) is 1. The minimum Gasteiger partial charge on any atom is -0.324 e. The van der Waals surface area contributed by atoms with Gasteiger partial charge in [-0.3, -0.25) is 14.8 Å². The van der Waals surface area contributed by atoms with Crippen LogP contribution >= 0.6 is 0 Å². The van der Waals surface area contributed by atoms with Crippen LogP contribution < -0.4 is 5.32 Å². The SMILES string of the molecule is O=C1CN=C(c2ccc(C(F)(F)F)cn2)c2ccccc2N1. The maximum atomic E-state index is 12.6. The lowest BCUT2D eigenvalue weighted by Gasteiger charge is -2.10. The first kappa shape index (κ1) is 14.2. The van der Waals surface area contributed by atoms with Crippen molar-refractivity contribution in [1.29, 1.82) is 0 Å². The molecule has 1 amide bonds. The highest BCUT2D eigenvalue weighted by Crippen LogP contribution is 2.29. The fraction of sp³-hybridized carbons (Fsp3) is 0.133. The highest BCUT2D eigenvalue weighted by atomic mass is 19.4. The second-order valence-corrected chi connectivity index (χ2v) is 4.69. The zero-order valence-corrected chi connectivity index (χ0v) is 11.2. The van der Waals surface area contributed by atoms with E-state index in [4.69, 9.17) is 0 Å². The number of aliphatic imine (C=N–C) groups is 1. The average molecular weight is 305 g/mol. The number of carbonyl (C=O) groups excluding carboxylic acids is 1. The summed E-state index contributed by atoms with van der Waals surface area (Å²) in [6.07, 6.45) is -3.67. The highest BCUT2D eigenvalue weighted by molar-refractivity contribution is 6.18. The Hall–Kier alpha value is -2.70. The maximum absolute atomic E-state index is 12.6. The van der Waals surface area contributed by atoms with E-state index in [-0.39, 0.29) is 18.1 Å². The number of benzene rings is 1. The molecule has 0 aliphatic carbocycles. The molecule has 22 heavy (non-hydrogen) atoms. The average Bonchev–Trinajstić information content (AvgIpc) is 2.65. The number of benzodiazepines with no additional fused rings is 1. The number of para-hydroxylation sites is 1. The Kier molecular flexibility index (Phi) is 3.40. The molecule has 0 fully saturated rings. The van der Waals surface area contributed by atoms with Gasteiger partial charge in [0.1, 0.15) is 6.54 Å². The molecule has 2 heterocycles. The molecule has 0 bridgehead atoms. The second-order valence-electron chi connectivity index (χ2n) is 4.69. The summed E-state index contributed by atoms with van der Waals surface area (Å²) in [4.78, 5) is 19.6. The second kappa shape index (κ2) is 5.25. The highest BCUT2D eigenvalue weighted by Gasteiger charge is 2.31. The first-order valence-electron chi connectivity index (χ1n) is 6.42. The van der Waals surface area contributed by atoms with Gasteiger partial charge in [0, 0.05) is 11.8 Å². The van der Waals surface area contributed by atoms with Gasteiger partial charge in [-0.25, -0.2) is 0 Å². The lowest BCUT2D eigenvalue weighted by Crippen LogP contribution is -2.13. The molecule has 1 aliphatic rings. The van der Waals surface area contributed by atoms with Gasteiger partial charge < -0.3 is 5.32 Å². The Labute approximate surface area is 123 Å². The van der Waals surface area contributed by atoms with Crippen LogP contribution in [0, 0.1) is 0 Å². The predicted molar refractivity (Wildman–Crippen MR) is 74.8 cm³/mol. The number of amides is 1. The molecule has 7 heteroatoms. The summed E-state index contributed by atoms with van der Waals surface area (Å²) in [5, 5.41) is 2.70. The quantitative estimate of drug-likeness (QED) is 0.881. The molecule has 1 aromatic heterocycles. The van der Waals surface area contributed by atoms with Gasteiger partial charge in [-0.05, 0) is 18.2 Å². The number of rotatable bonds is 1. The van der Waals surface area contributed by atoms with Crippen LogP contribution in [0.5, 0.6) is 0 Å². The number of aromatic nitrogens is 1. The molecule has 2 aromatic rings. The minimum atomic E-state index is -4.44.